The molecule has 0 spiro atoms. The highest BCUT2D eigenvalue weighted by molar-refractivity contribution is 5.96. The Bertz CT molecular complexity index is 1150. The third kappa shape index (κ3) is 4.03. The number of rotatable bonds is 4. The Morgan fingerprint density at radius 2 is 1.62 bits per heavy atom. The van der Waals surface area contributed by atoms with Gasteiger partial charge in [0.2, 0.25) is 5.96 Å². The Hall–Kier alpha value is -4.27. The summed E-state index contributed by atoms with van der Waals surface area (Å²) in [4.78, 5) is 16.4. The minimum Gasteiger partial charge on any atom is -0.497 e. The zero-order chi connectivity index (χ0) is 20.2. The van der Waals surface area contributed by atoms with Gasteiger partial charge in [-0.15, -0.1) is 15.0 Å². The first-order valence-electron chi connectivity index (χ1n) is 8.69. The molecule has 0 aliphatic heterocycles. The van der Waals surface area contributed by atoms with E-state index in [9.17, 15) is 10.1 Å². The average Bonchev–Trinajstić information content (AvgIpc) is 3.18. The van der Waals surface area contributed by atoms with E-state index >= 15 is 0 Å². The molecule has 29 heavy (non-hydrogen) atoms. The van der Waals surface area contributed by atoms with E-state index < -0.39 is 4.92 Å². The van der Waals surface area contributed by atoms with Crippen molar-refractivity contribution in [3.05, 3.63) is 82.9 Å². The molecule has 144 valence electrons. The van der Waals surface area contributed by atoms with E-state index in [0.717, 1.165) is 22.5 Å². The number of ether oxygens (including phenoxy) is 1. The van der Waals surface area contributed by atoms with Gasteiger partial charge >= 0.3 is 0 Å². The van der Waals surface area contributed by atoms with E-state index in [1.54, 1.807) is 19.2 Å². The topological polar surface area (TPSA) is 107 Å². The summed E-state index contributed by atoms with van der Waals surface area (Å²) in [5, 5.41) is 23.0. The molecule has 4 rings (SSSR count). The predicted octanol–water partition coefficient (Wildman–Crippen LogP) is 4.00. The fraction of sp³-hybridized carbons (Fsp3) is 0.0500. The van der Waals surface area contributed by atoms with Crippen LogP contribution in [0.25, 0.3) is 11.0 Å². The van der Waals surface area contributed by atoms with Crippen LogP contribution >= 0.6 is 0 Å². The molecule has 0 saturated carbocycles. The minimum absolute atomic E-state index is 0.00318. The Kier molecular flexibility index (Phi) is 4.85. The monoisotopic (exact) mass is 388 g/mol. The first-order valence-corrected chi connectivity index (χ1v) is 8.69. The number of hydrogen-bond donors (Lipinski definition) is 1. The lowest BCUT2D eigenvalue weighted by Gasteiger charge is -2.09. The van der Waals surface area contributed by atoms with Crippen molar-refractivity contribution in [2.75, 3.05) is 12.4 Å². The van der Waals surface area contributed by atoms with Crippen LogP contribution in [0.2, 0.25) is 0 Å². The summed E-state index contributed by atoms with van der Waals surface area (Å²) >= 11 is 0. The van der Waals surface area contributed by atoms with Gasteiger partial charge in [0.15, 0.2) is 0 Å². The summed E-state index contributed by atoms with van der Waals surface area (Å²) in [6.07, 6.45) is 0. The van der Waals surface area contributed by atoms with Crippen molar-refractivity contribution in [3.8, 4) is 5.75 Å². The SMILES string of the molecule is COc1ccc(NC(=Nc2ccc([N+](=O)[O-])cc2)n2nc3ccccc3n2)cc1. The van der Waals surface area contributed by atoms with Crippen LogP contribution in [0.1, 0.15) is 0 Å². The van der Waals surface area contributed by atoms with Gasteiger partial charge in [-0.2, -0.15) is 0 Å². The van der Waals surface area contributed by atoms with Gasteiger partial charge in [0.05, 0.1) is 17.7 Å². The number of aromatic nitrogens is 3. The number of hydrogen-bond acceptors (Lipinski definition) is 6. The number of fused-ring (bicyclic) bond motifs is 1. The Balaban J connectivity index is 1.73. The summed E-state index contributed by atoms with van der Waals surface area (Å²) in [5.41, 5.74) is 2.72. The predicted molar refractivity (Wildman–Crippen MR) is 110 cm³/mol. The zero-order valence-corrected chi connectivity index (χ0v) is 15.4. The van der Waals surface area contributed by atoms with Gasteiger partial charge in [-0.25, -0.2) is 4.99 Å². The normalized spacial score (nSPS) is 11.4. The molecule has 0 atom stereocenters. The molecule has 0 radical (unpaired) electrons. The second kappa shape index (κ2) is 7.77. The van der Waals surface area contributed by atoms with E-state index in [1.165, 1.54) is 16.9 Å². The van der Waals surface area contributed by atoms with E-state index in [1.807, 2.05) is 48.5 Å². The molecule has 0 bridgehead atoms. The van der Waals surface area contributed by atoms with Gasteiger partial charge in [-0.3, -0.25) is 10.1 Å². The second-order valence-electron chi connectivity index (χ2n) is 6.04. The van der Waals surface area contributed by atoms with Gasteiger partial charge in [-0.05, 0) is 48.5 Å². The summed E-state index contributed by atoms with van der Waals surface area (Å²) in [7, 11) is 1.60. The lowest BCUT2D eigenvalue weighted by atomic mass is 10.3. The maximum Gasteiger partial charge on any atom is 0.269 e. The highest BCUT2D eigenvalue weighted by Gasteiger charge is 2.11. The number of anilines is 1. The van der Waals surface area contributed by atoms with Crippen molar-refractivity contribution in [3.63, 3.8) is 0 Å². The molecule has 1 N–H and O–H groups in total. The molecule has 0 amide bonds. The third-order valence-electron chi connectivity index (χ3n) is 4.12. The lowest BCUT2D eigenvalue weighted by Crippen LogP contribution is -2.24. The van der Waals surface area contributed by atoms with Crippen molar-refractivity contribution in [1.82, 2.24) is 15.0 Å². The first kappa shape index (κ1) is 18.1. The standard InChI is InChI=1S/C20H16N6O3/c1-29-17-12-8-15(9-13-17)22-20(21-14-6-10-16(11-7-14)26(27)28)25-23-18-4-2-3-5-19(18)24-25/h2-13H,1H3,(H,21,22). The molecule has 9 heteroatoms. The number of non-ortho nitro benzene ring substituents is 1. The molecule has 1 aromatic heterocycles. The van der Waals surface area contributed by atoms with Gasteiger partial charge in [0.1, 0.15) is 16.8 Å². The van der Waals surface area contributed by atoms with Crippen molar-refractivity contribution in [1.29, 1.82) is 0 Å². The number of nitrogens with zero attached hydrogens (tertiary/aromatic N) is 5. The number of aliphatic imine (C=N–C) groups is 1. The number of benzene rings is 3. The molecule has 0 saturated heterocycles. The van der Waals surface area contributed by atoms with Crippen molar-refractivity contribution >= 4 is 34.1 Å². The van der Waals surface area contributed by atoms with E-state index in [4.69, 9.17) is 4.74 Å². The van der Waals surface area contributed by atoms with Crippen LogP contribution in [0, 0.1) is 10.1 Å². The van der Waals surface area contributed by atoms with E-state index in [0.29, 0.717) is 11.6 Å². The Labute approximate surface area is 165 Å². The molecular formula is C20H16N6O3. The maximum atomic E-state index is 10.9. The van der Waals surface area contributed by atoms with Crippen molar-refractivity contribution in [2.45, 2.75) is 0 Å². The molecule has 0 fully saturated rings. The molecule has 4 aromatic rings. The fourth-order valence-corrected chi connectivity index (χ4v) is 2.65. The molecule has 0 unspecified atom stereocenters. The highest BCUT2D eigenvalue weighted by Crippen LogP contribution is 2.20. The maximum absolute atomic E-state index is 10.9. The molecule has 3 aromatic carbocycles. The smallest absolute Gasteiger partial charge is 0.269 e. The van der Waals surface area contributed by atoms with Crippen LogP contribution in [0.15, 0.2) is 77.8 Å². The summed E-state index contributed by atoms with van der Waals surface area (Å²) in [6.45, 7) is 0. The summed E-state index contributed by atoms with van der Waals surface area (Å²) < 4.78 is 5.18. The van der Waals surface area contributed by atoms with Gasteiger partial charge in [0.25, 0.3) is 5.69 Å². The van der Waals surface area contributed by atoms with Crippen LogP contribution in [0.4, 0.5) is 17.1 Å². The number of nitro benzene ring substituents is 1. The molecule has 0 aliphatic carbocycles. The molecule has 9 nitrogen and oxygen atoms in total. The summed E-state index contributed by atoms with van der Waals surface area (Å²) in [6, 6.07) is 20.7. The van der Waals surface area contributed by atoms with Gasteiger partial charge < -0.3 is 10.1 Å². The average molecular weight is 388 g/mol. The van der Waals surface area contributed by atoms with Gasteiger partial charge in [0, 0.05) is 17.8 Å². The number of nitrogens with one attached hydrogen (secondary N) is 1. The highest BCUT2D eigenvalue weighted by atomic mass is 16.6. The van der Waals surface area contributed by atoms with Crippen LogP contribution in [0.3, 0.4) is 0 Å². The van der Waals surface area contributed by atoms with Crippen molar-refractivity contribution < 1.29 is 9.66 Å². The second-order valence-corrected chi connectivity index (χ2v) is 6.04. The van der Waals surface area contributed by atoms with E-state index in [2.05, 4.69) is 20.5 Å². The largest absolute Gasteiger partial charge is 0.497 e. The summed E-state index contributed by atoms with van der Waals surface area (Å²) in [5.74, 6) is 1.08. The third-order valence-corrected chi connectivity index (χ3v) is 4.12. The molecule has 1 heterocycles. The fourth-order valence-electron chi connectivity index (χ4n) is 2.65. The van der Waals surface area contributed by atoms with Crippen LogP contribution < -0.4 is 10.1 Å². The van der Waals surface area contributed by atoms with Crippen molar-refractivity contribution in [2.24, 2.45) is 4.99 Å². The van der Waals surface area contributed by atoms with Gasteiger partial charge in [-0.1, -0.05) is 12.1 Å². The minimum atomic E-state index is -0.453. The Morgan fingerprint density at radius 3 is 2.17 bits per heavy atom. The van der Waals surface area contributed by atoms with Crippen LogP contribution in [0.5, 0.6) is 5.75 Å². The van der Waals surface area contributed by atoms with Crippen LogP contribution in [-0.4, -0.2) is 33.0 Å². The molecular weight excluding hydrogens is 372 g/mol. The number of methoxy groups -OCH3 is 1. The first-order chi connectivity index (χ1) is 14.1. The molecule has 0 aliphatic rings. The number of nitro groups is 1. The van der Waals surface area contributed by atoms with E-state index in [-0.39, 0.29) is 5.69 Å². The zero-order valence-electron chi connectivity index (χ0n) is 15.4. The van der Waals surface area contributed by atoms with Crippen LogP contribution in [-0.2, 0) is 0 Å². The lowest BCUT2D eigenvalue weighted by molar-refractivity contribution is -0.384. The quantitative estimate of drug-likeness (QED) is 0.245. The Morgan fingerprint density at radius 1 is 1.00 bits per heavy atom.